The van der Waals surface area contributed by atoms with Gasteiger partial charge in [-0.2, -0.15) is 0 Å². The van der Waals surface area contributed by atoms with Crippen LogP contribution in [0.25, 0.3) is 21.5 Å². The summed E-state index contributed by atoms with van der Waals surface area (Å²) in [6.07, 6.45) is -6.20. The number of hydrogen-bond acceptors (Lipinski definition) is 24. The van der Waals surface area contributed by atoms with Crippen molar-refractivity contribution in [1.29, 1.82) is 0 Å². The highest BCUT2D eigenvalue weighted by Gasteiger charge is 2.80. The average molecular weight is 1850 g/mol. The van der Waals surface area contributed by atoms with E-state index in [9.17, 15) is 51.9 Å². The van der Waals surface area contributed by atoms with Crippen LogP contribution >= 0.6 is 0 Å². The van der Waals surface area contributed by atoms with Crippen molar-refractivity contribution in [3.05, 3.63) is 70.8 Å². The normalized spacial score (nSPS) is 25.8. The second kappa shape index (κ2) is 32.2. The fourth-order valence-corrected chi connectivity index (χ4v) is 20.4. The van der Waals surface area contributed by atoms with Crippen LogP contribution in [-0.4, -0.2) is 446 Å². The molecule has 11 saturated heterocycles. The number of nitrogens with zero attached hydrogens (tertiary/aromatic N) is 20. The summed E-state index contributed by atoms with van der Waals surface area (Å²) >= 11 is 0. The quantitative estimate of drug-likeness (QED) is 0.0694. The van der Waals surface area contributed by atoms with Crippen LogP contribution in [0.3, 0.4) is 0 Å². The fraction of sp³-hybridized carbons (Fsp3) is 0.641. The monoisotopic (exact) mass is 1840 g/mol. The van der Waals surface area contributed by atoms with E-state index in [1.165, 1.54) is 78.4 Å². The molecule has 13 aliphatic rings. The fourth-order valence-electron chi connectivity index (χ4n) is 18.5. The van der Waals surface area contributed by atoms with E-state index >= 15 is 38.4 Å². The van der Waals surface area contributed by atoms with Gasteiger partial charge in [0.1, 0.15) is 63.0 Å². The minimum absolute atomic E-state index is 0.155. The topological polar surface area (TPSA) is 454 Å². The summed E-state index contributed by atoms with van der Waals surface area (Å²) in [4.78, 5) is 148. The number of amides is 16. The number of ether oxygens (including phenoxy) is 4. The third kappa shape index (κ3) is 17.2. The van der Waals surface area contributed by atoms with E-state index in [-0.39, 0.29) is 101 Å². The standard InChI is InChI=1S/C62H72N16O24S4.4C4H12N/c1-59-61(3)75-31-67-49-47-63(51(67)79)29-65-48-50-69(53(65)81)33-77-57(85)73-27-39-43(101-19-7-23-105(93,94)95)15-11-36-12-16-44(102-20-8-24-106(96,97)98)40(46(36)39)28-74-58(86)78(62(77,4)60(73,74)2)34-70(50)54(82)66(48)30-64(47)52(80)68(49)32-76(61)56(84)72(59)26-38-42(100-18-6-22-104(90,91)92)14-10-35-9-13-41(99-17-5-21-103(87,88)89)37(45(35)38)25-71(59)55(75)83;4*1-5(2,3)4/h9-16,47-50H,5-8,17-34H2,1-4H3,(H,87,88,89)(H,90,91,92)(H,93,94,95)(H,96,97,98);4*1-4H3/q;4*+1/p-4. The highest BCUT2D eigenvalue weighted by atomic mass is 32.2. The van der Waals surface area contributed by atoms with Crippen molar-refractivity contribution >= 4 is 110 Å². The van der Waals surface area contributed by atoms with Crippen molar-refractivity contribution < 1.29 is 127 Å². The molecule has 0 bridgehead atoms. The molecule has 0 aromatic heterocycles. The summed E-state index contributed by atoms with van der Waals surface area (Å²) in [5.74, 6) is -2.40. The Labute approximate surface area is 734 Å². The molecule has 4 aromatic carbocycles. The molecule has 0 aliphatic carbocycles. The Kier molecular flexibility index (Phi) is 24.0. The van der Waals surface area contributed by atoms with Gasteiger partial charge in [0.2, 0.25) is 0 Å². The van der Waals surface area contributed by atoms with Gasteiger partial charge in [0, 0.05) is 45.3 Å². The predicted octanol–water partition coefficient (Wildman–Crippen LogP) is 2.12. The number of urea groups is 8. The van der Waals surface area contributed by atoms with Gasteiger partial charge in [0.25, 0.3) is 0 Å². The van der Waals surface area contributed by atoms with Crippen LogP contribution in [0, 0.1) is 0 Å². The lowest BCUT2D eigenvalue weighted by atomic mass is 9.90. The Balaban J connectivity index is 0.000000614. The first kappa shape index (κ1) is 93.9. The Morgan fingerprint density at radius 2 is 0.452 bits per heavy atom. The number of benzene rings is 4. The maximum Gasteiger partial charge on any atom is 0.326 e. The summed E-state index contributed by atoms with van der Waals surface area (Å²) in [5.41, 5.74) is -5.68. The molecular formula is C78H116N20O24S4. The molecule has 126 heavy (non-hydrogen) atoms. The van der Waals surface area contributed by atoms with Gasteiger partial charge in [-0.05, 0) is 99.2 Å². The zero-order valence-electron chi connectivity index (χ0n) is 74.9. The van der Waals surface area contributed by atoms with Crippen molar-refractivity contribution in [1.82, 2.24) is 78.4 Å². The summed E-state index contributed by atoms with van der Waals surface area (Å²) in [6, 6.07) is 7.17. The molecule has 17 rings (SSSR count). The molecule has 696 valence electrons. The molecular weight excluding hydrogens is 1730 g/mol. The molecule has 0 spiro atoms. The van der Waals surface area contributed by atoms with Crippen LogP contribution < -0.4 is 18.9 Å². The zero-order chi connectivity index (χ0) is 93.1. The molecule has 13 aliphatic heterocycles. The Hall–Kier alpha value is -9.76. The molecule has 11 fully saturated rings. The van der Waals surface area contributed by atoms with Crippen LogP contribution in [0.2, 0.25) is 0 Å². The van der Waals surface area contributed by atoms with Crippen LogP contribution in [0.15, 0.2) is 48.5 Å². The van der Waals surface area contributed by atoms with E-state index < -0.39 is 199 Å². The van der Waals surface area contributed by atoms with E-state index in [0.29, 0.717) is 43.8 Å². The predicted molar refractivity (Wildman–Crippen MR) is 448 cm³/mol. The largest absolute Gasteiger partial charge is 0.748 e. The van der Waals surface area contributed by atoms with Gasteiger partial charge in [-0.25, -0.2) is 72.0 Å². The molecule has 0 radical (unpaired) electrons. The SMILES string of the molecule is CC12N3Cc4c(OCCCS(=O)(=O)[O-])ccc5ccc(OCCCS(=O)(=O)[O-])c(c45)CN1C(=O)N1CN4C(=O)N5CN6C(=O)N7CN8C(=O)N9Cc%10c(OCCCS(=O)(=O)[O-])ccc%11ccc(OCCCS(=O)(=O)[O-])c(c%10%11)CN%10C(=O)N(CN%11C(=O)N(CN%12C(=O)N(CN(C3=O)C12C)C4C%125)C6C%117)C8(C)C%109C.C[N+](C)(C)C.C[N+](C)(C)C.C[N+](C)(C)C.C[N+](C)(C)C. The molecule has 48 heteroatoms. The van der Waals surface area contributed by atoms with Gasteiger partial charge >= 0.3 is 48.2 Å². The van der Waals surface area contributed by atoms with Gasteiger partial charge in [0.05, 0.1) is 206 Å². The second-order valence-corrected chi connectivity index (χ2v) is 45.7. The lowest BCUT2D eigenvalue weighted by Crippen LogP contribution is -2.69. The molecule has 16 amide bonds. The summed E-state index contributed by atoms with van der Waals surface area (Å²) in [5, 5.41) is 1.95. The van der Waals surface area contributed by atoms with Crippen molar-refractivity contribution in [2.24, 2.45) is 0 Å². The number of hydrogen-bond donors (Lipinski definition) is 0. The lowest BCUT2D eigenvalue weighted by Gasteiger charge is -2.49. The van der Waals surface area contributed by atoms with Gasteiger partial charge in [0.15, 0.2) is 47.3 Å². The van der Waals surface area contributed by atoms with E-state index in [0.717, 1.165) is 17.9 Å². The maximum absolute atomic E-state index is 15.9. The van der Waals surface area contributed by atoms with Crippen molar-refractivity contribution in [3.63, 3.8) is 0 Å². The van der Waals surface area contributed by atoms with Crippen LogP contribution in [0.5, 0.6) is 23.0 Å². The van der Waals surface area contributed by atoms with Gasteiger partial charge in [-0.15, -0.1) is 0 Å². The number of quaternary nitrogens is 4. The average Bonchev–Trinajstić information content (AvgIpc) is 1.49. The van der Waals surface area contributed by atoms with Gasteiger partial charge < -0.3 is 55.1 Å². The highest BCUT2D eigenvalue weighted by molar-refractivity contribution is 7.86. The van der Waals surface area contributed by atoms with E-state index in [1.807, 2.05) is 0 Å². The minimum atomic E-state index is -4.66. The first-order valence-corrected chi connectivity index (χ1v) is 47.4. The molecule has 4 aromatic rings. The van der Waals surface area contributed by atoms with Gasteiger partial charge in [-0.3, -0.25) is 78.4 Å². The van der Waals surface area contributed by atoms with E-state index in [4.69, 9.17) is 18.9 Å². The second-order valence-electron chi connectivity index (χ2n) is 39.6. The smallest absolute Gasteiger partial charge is 0.326 e. The summed E-state index contributed by atoms with van der Waals surface area (Å²) < 4.78 is 169. The molecule has 13 heterocycles. The Morgan fingerprint density at radius 3 is 0.627 bits per heavy atom. The van der Waals surface area contributed by atoms with E-state index in [1.54, 1.807) is 76.2 Å². The molecule has 0 saturated carbocycles. The molecule has 44 nitrogen and oxygen atoms in total. The Morgan fingerprint density at radius 1 is 0.286 bits per heavy atom. The molecule has 0 unspecified atom stereocenters. The first-order valence-electron chi connectivity index (χ1n) is 41.1. The highest BCUT2D eigenvalue weighted by Crippen LogP contribution is 2.60. The number of rotatable bonds is 20. The third-order valence-corrected chi connectivity index (χ3v) is 26.9. The first-order chi connectivity index (χ1) is 57.9. The van der Waals surface area contributed by atoms with Crippen LogP contribution in [0.4, 0.5) is 38.4 Å². The zero-order valence-corrected chi connectivity index (χ0v) is 78.1. The summed E-state index contributed by atoms with van der Waals surface area (Å²) in [6.45, 7) is 0.528. The number of carbonyl (C=O) groups excluding carboxylic acids is 8. The Bertz CT molecular complexity index is 4920. The third-order valence-electron chi connectivity index (χ3n) is 23.8. The minimum Gasteiger partial charge on any atom is -0.748 e. The van der Waals surface area contributed by atoms with Crippen LogP contribution in [0.1, 0.15) is 75.6 Å². The number of carbonyl (C=O) groups is 8. The van der Waals surface area contributed by atoms with Crippen LogP contribution in [-0.2, 0) is 66.7 Å². The van der Waals surface area contributed by atoms with E-state index in [2.05, 4.69) is 113 Å². The van der Waals surface area contributed by atoms with Crippen molar-refractivity contribution in [2.45, 2.75) is 127 Å². The maximum atomic E-state index is 15.9. The molecule has 0 N–H and O–H groups in total. The van der Waals surface area contributed by atoms with Crippen molar-refractivity contribution in [2.75, 3.05) is 202 Å². The van der Waals surface area contributed by atoms with Crippen molar-refractivity contribution in [3.8, 4) is 23.0 Å². The van der Waals surface area contributed by atoms with Gasteiger partial charge in [-0.1, -0.05) is 24.3 Å². The summed E-state index contributed by atoms with van der Waals surface area (Å²) in [7, 11) is 15.4. The lowest BCUT2D eigenvalue weighted by molar-refractivity contribution is -0.849. The molecule has 0 atom stereocenters.